The molecule has 1 radical (unpaired) electrons. The predicted octanol–water partition coefficient (Wildman–Crippen LogP) is 1.60. The maximum Gasteiger partial charge on any atom is 0.192 e. The Balaban J connectivity index is 2.56. The van der Waals surface area contributed by atoms with Crippen LogP contribution in [-0.4, -0.2) is 0 Å². The summed E-state index contributed by atoms with van der Waals surface area (Å²) in [7, 11) is 0. The van der Waals surface area contributed by atoms with Crippen molar-refractivity contribution in [3.63, 3.8) is 0 Å². The normalized spacial score (nSPS) is 15.4. The highest BCUT2D eigenvalue weighted by Gasteiger charge is 2.17. The quantitative estimate of drug-likeness (QED) is 0.588. The summed E-state index contributed by atoms with van der Waals surface area (Å²) < 4.78 is 0. The lowest BCUT2D eigenvalue weighted by Gasteiger charge is -2.08. The van der Waals surface area contributed by atoms with Gasteiger partial charge in [-0.05, 0) is 11.6 Å². The van der Waals surface area contributed by atoms with Gasteiger partial charge in [-0.1, -0.05) is 18.7 Å². The molecule has 1 heterocycles. The molecule has 12 heavy (non-hydrogen) atoms. The van der Waals surface area contributed by atoms with Crippen molar-refractivity contribution in [1.82, 2.24) is 0 Å². The van der Waals surface area contributed by atoms with E-state index in [9.17, 15) is 0 Å². The third-order valence-corrected chi connectivity index (χ3v) is 2.00. The third kappa shape index (κ3) is 1.08. The van der Waals surface area contributed by atoms with Crippen LogP contribution in [0.3, 0.4) is 0 Å². The van der Waals surface area contributed by atoms with Crippen LogP contribution >= 0.6 is 0 Å². The van der Waals surface area contributed by atoms with Crippen molar-refractivity contribution < 1.29 is 5.32 Å². The van der Waals surface area contributed by atoms with Gasteiger partial charge in [-0.3, -0.25) is 0 Å². The van der Waals surface area contributed by atoms with Gasteiger partial charge in [-0.15, -0.1) is 5.32 Å². The van der Waals surface area contributed by atoms with E-state index in [-0.39, 0.29) is 0 Å². The number of benzene rings is 1. The smallest absolute Gasteiger partial charge is 0.114 e. The number of rotatable bonds is 0. The van der Waals surface area contributed by atoms with Gasteiger partial charge in [0.15, 0.2) is 11.4 Å². The number of para-hydroxylation sites is 1. The molecule has 2 rings (SSSR count). The van der Waals surface area contributed by atoms with Crippen LogP contribution in [0.25, 0.3) is 5.57 Å². The first kappa shape index (κ1) is 7.32. The molecule has 1 aromatic carbocycles. The molecule has 0 amide bonds. The topological polar surface area (TPSA) is 15.6 Å². The van der Waals surface area contributed by atoms with Crippen molar-refractivity contribution in [3.05, 3.63) is 48.2 Å². The van der Waals surface area contributed by atoms with E-state index in [1.807, 2.05) is 19.1 Å². The summed E-state index contributed by atoms with van der Waals surface area (Å²) in [6.45, 7) is 6.03. The Morgan fingerprint density at radius 1 is 1.25 bits per heavy atom. The van der Waals surface area contributed by atoms with Crippen LogP contribution in [0, 0.1) is 0 Å². The summed E-state index contributed by atoms with van der Waals surface area (Å²) in [6.07, 6.45) is 2.06. The minimum atomic E-state index is 1.09. The maximum atomic E-state index is 3.99. The molecule has 0 spiro atoms. The van der Waals surface area contributed by atoms with Gasteiger partial charge in [-0.25, -0.2) is 0 Å². The van der Waals surface area contributed by atoms with E-state index < -0.39 is 0 Å². The van der Waals surface area contributed by atoms with E-state index in [0.29, 0.717) is 0 Å². The fourth-order valence-electron chi connectivity index (χ4n) is 1.46. The molecule has 0 saturated carbocycles. The number of allylic oxidation sites excluding steroid dienone is 3. The molecular formula is C11H11N+. The Morgan fingerprint density at radius 3 is 2.83 bits per heavy atom. The highest BCUT2D eigenvalue weighted by atomic mass is 14.9. The summed E-state index contributed by atoms with van der Waals surface area (Å²) in [4.78, 5) is 0. The first-order valence-corrected chi connectivity index (χ1v) is 4.01. The van der Waals surface area contributed by atoms with Crippen molar-refractivity contribution >= 4 is 11.3 Å². The fourth-order valence-corrected chi connectivity index (χ4v) is 1.46. The van der Waals surface area contributed by atoms with Gasteiger partial charge in [0.25, 0.3) is 0 Å². The lowest BCUT2D eigenvalue weighted by atomic mass is 10.0. The van der Waals surface area contributed by atoms with Crippen LogP contribution in [-0.2, 0) is 0 Å². The van der Waals surface area contributed by atoms with Crippen molar-refractivity contribution in [2.24, 2.45) is 0 Å². The zero-order valence-electron chi connectivity index (χ0n) is 7.09. The van der Waals surface area contributed by atoms with Gasteiger partial charge in [0.1, 0.15) is 0 Å². The van der Waals surface area contributed by atoms with Gasteiger partial charge in [0.05, 0.1) is 0 Å². The standard InChI is InChI=1S/C11H11N/c1-8-7-9(2)12-11-6-4-3-5-10(8)11/h3-7,12H,1H2,2H3/q+1. The molecule has 1 heteroatoms. The van der Waals surface area contributed by atoms with E-state index in [4.69, 9.17) is 0 Å². The Bertz CT molecular complexity index is 361. The maximum absolute atomic E-state index is 3.99. The molecule has 0 saturated heterocycles. The first-order valence-electron chi connectivity index (χ1n) is 4.01. The summed E-state index contributed by atoms with van der Waals surface area (Å²) in [5, 5.41) is 3.29. The van der Waals surface area contributed by atoms with Gasteiger partial charge < -0.3 is 0 Å². The van der Waals surface area contributed by atoms with E-state index in [1.54, 1.807) is 0 Å². The number of anilines is 1. The number of nitrogens with one attached hydrogen (secondary N) is 1. The van der Waals surface area contributed by atoms with E-state index >= 15 is 0 Å². The molecule has 1 aromatic rings. The van der Waals surface area contributed by atoms with Crippen molar-refractivity contribution in [2.75, 3.05) is 0 Å². The average Bonchev–Trinajstić information content (AvgIpc) is 2.04. The van der Waals surface area contributed by atoms with E-state index in [1.165, 1.54) is 5.56 Å². The Kier molecular flexibility index (Phi) is 1.59. The van der Waals surface area contributed by atoms with E-state index in [0.717, 1.165) is 17.0 Å². The lowest BCUT2D eigenvalue weighted by Crippen LogP contribution is -2.76. The van der Waals surface area contributed by atoms with Crippen molar-refractivity contribution in [1.29, 1.82) is 0 Å². The van der Waals surface area contributed by atoms with Crippen molar-refractivity contribution in [2.45, 2.75) is 6.92 Å². The van der Waals surface area contributed by atoms with Crippen LogP contribution in [0.4, 0.5) is 5.69 Å². The monoisotopic (exact) mass is 157 g/mol. The van der Waals surface area contributed by atoms with Crippen LogP contribution < -0.4 is 5.32 Å². The summed E-state index contributed by atoms with van der Waals surface area (Å²) in [5.41, 5.74) is 4.59. The van der Waals surface area contributed by atoms with Gasteiger partial charge in [-0.2, -0.15) is 0 Å². The Hall–Kier alpha value is -1.34. The van der Waals surface area contributed by atoms with Crippen LogP contribution in [0.1, 0.15) is 12.5 Å². The highest BCUT2D eigenvalue weighted by molar-refractivity contribution is 5.79. The molecule has 1 N–H and O–H groups in total. The van der Waals surface area contributed by atoms with Crippen LogP contribution in [0.2, 0.25) is 0 Å². The summed E-state index contributed by atoms with van der Waals surface area (Å²) >= 11 is 0. The summed E-state index contributed by atoms with van der Waals surface area (Å²) in [5.74, 6) is 0. The summed E-state index contributed by atoms with van der Waals surface area (Å²) in [6, 6.07) is 8.20. The molecular weight excluding hydrogens is 146 g/mol. The fraction of sp³-hybridized carbons (Fsp3) is 0.0909. The molecule has 1 aliphatic heterocycles. The molecule has 59 valence electrons. The minimum Gasteiger partial charge on any atom is -0.114 e. The lowest BCUT2D eigenvalue weighted by molar-refractivity contribution is -0.518. The van der Waals surface area contributed by atoms with Gasteiger partial charge in [0.2, 0.25) is 0 Å². The molecule has 0 aliphatic carbocycles. The average molecular weight is 157 g/mol. The molecule has 0 fully saturated rings. The second-order valence-corrected chi connectivity index (χ2v) is 3.02. The molecule has 1 aliphatic rings. The van der Waals surface area contributed by atoms with Gasteiger partial charge >= 0.3 is 0 Å². The molecule has 0 aromatic heterocycles. The zero-order valence-corrected chi connectivity index (χ0v) is 7.09. The molecule has 0 atom stereocenters. The third-order valence-electron chi connectivity index (χ3n) is 2.00. The number of fused-ring (bicyclic) bond motifs is 1. The second kappa shape index (κ2) is 2.61. The van der Waals surface area contributed by atoms with Crippen molar-refractivity contribution in [3.8, 4) is 0 Å². The Morgan fingerprint density at radius 2 is 2.00 bits per heavy atom. The number of hydrogen-bond acceptors (Lipinski definition) is 1. The van der Waals surface area contributed by atoms with Crippen LogP contribution in [0.5, 0.6) is 0 Å². The van der Waals surface area contributed by atoms with E-state index in [2.05, 4.69) is 30.1 Å². The van der Waals surface area contributed by atoms with Crippen LogP contribution in [0.15, 0.2) is 42.6 Å². The predicted molar refractivity (Wildman–Crippen MR) is 49.9 cm³/mol. The molecule has 0 unspecified atom stereocenters. The molecule has 1 nitrogen and oxygen atoms in total. The number of hydrogen-bond donors (Lipinski definition) is 1. The molecule has 0 bridgehead atoms. The Labute approximate surface area is 72.4 Å². The van der Waals surface area contributed by atoms with Gasteiger partial charge in [0, 0.05) is 24.6 Å². The highest BCUT2D eigenvalue weighted by Crippen LogP contribution is 2.23. The first-order chi connectivity index (χ1) is 5.77. The minimum absolute atomic E-state index is 1.09. The SMILES string of the molecule is C=C1C=C(C)[NH+]c2ccccc21. The zero-order chi connectivity index (χ0) is 8.55. The largest absolute Gasteiger partial charge is 0.192 e. The second-order valence-electron chi connectivity index (χ2n) is 3.02.